The summed E-state index contributed by atoms with van der Waals surface area (Å²) in [4.78, 5) is 7.21. The standard InChI is InChI=1S/C20H28N2OS/c1-19(2,3)14-9-13(10-15(18(14)23)20(4,5)6)16-12-24-17(21-16)11-22-7-8-22/h9-10,12,23H,7-8,11H2,1-6H3. The normalized spacial score (nSPS) is 15.8. The first kappa shape index (κ1) is 17.4. The maximum atomic E-state index is 10.8. The van der Waals surface area contributed by atoms with Gasteiger partial charge in [-0.3, -0.25) is 4.90 Å². The van der Waals surface area contributed by atoms with E-state index in [2.05, 4.69) is 64.0 Å². The van der Waals surface area contributed by atoms with Crippen molar-refractivity contribution in [3.63, 3.8) is 0 Å². The van der Waals surface area contributed by atoms with E-state index in [1.807, 2.05) is 0 Å². The molecule has 0 saturated carbocycles. The monoisotopic (exact) mass is 344 g/mol. The van der Waals surface area contributed by atoms with Crippen LogP contribution in [0, 0.1) is 0 Å². The van der Waals surface area contributed by atoms with E-state index in [1.54, 1.807) is 11.3 Å². The molecule has 4 heteroatoms. The number of phenolic OH excluding ortho intramolecular Hbond substituents is 1. The van der Waals surface area contributed by atoms with Gasteiger partial charge in [-0.25, -0.2) is 4.98 Å². The Kier molecular flexibility index (Phi) is 4.25. The highest BCUT2D eigenvalue weighted by molar-refractivity contribution is 7.09. The fourth-order valence-corrected chi connectivity index (χ4v) is 3.71. The van der Waals surface area contributed by atoms with Crippen LogP contribution in [0.15, 0.2) is 17.5 Å². The summed E-state index contributed by atoms with van der Waals surface area (Å²) in [5.41, 5.74) is 3.89. The van der Waals surface area contributed by atoms with Crippen LogP contribution in [0.5, 0.6) is 5.75 Å². The quantitative estimate of drug-likeness (QED) is 0.802. The molecule has 3 nitrogen and oxygen atoms in total. The molecule has 1 aromatic heterocycles. The number of aromatic hydroxyl groups is 1. The van der Waals surface area contributed by atoms with E-state index in [0.29, 0.717) is 5.75 Å². The molecule has 0 atom stereocenters. The smallest absolute Gasteiger partial charge is 0.123 e. The fourth-order valence-electron chi connectivity index (χ4n) is 2.86. The van der Waals surface area contributed by atoms with Gasteiger partial charge in [-0.05, 0) is 23.0 Å². The van der Waals surface area contributed by atoms with Gasteiger partial charge in [-0.2, -0.15) is 0 Å². The van der Waals surface area contributed by atoms with Gasteiger partial charge >= 0.3 is 0 Å². The first-order valence-corrected chi connectivity index (χ1v) is 9.49. The fraction of sp³-hybridized carbons (Fsp3) is 0.550. The summed E-state index contributed by atoms with van der Waals surface area (Å²) in [6, 6.07) is 4.22. The van der Waals surface area contributed by atoms with Crippen LogP contribution in [0.4, 0.5) is 0 Å². The molecule has 0 amide bonds. The molecule has 1 saturated heterocycles. The summed E-state index contributed by atoms with van der Waals surface area (Å²) in [5.74, 6) is 0.429. The Bertz CT molecular complexity index is 711. The molecular formula is C20H28N2OS. The van der Waals surface area contributed by atoms with Crippen molar-refractivity contribution in [1.82, 2.24) is 9.88 Å². The first-order chi connectivity index (χ1) is 11.1. The average molecular weight is 345 g/mol. The predicted octanol–water partition coefficient (Wildman–Crippen LogP) is 4.93. The summed E-state index contributed by atoms with van der Waals surface area (Å²) >= 11 is 1.73. The number of nitrogens with zero attached hydrogens (tertiary/aromatic N) is 2. The van der Waals surface area contributed by atoms with Crippen molar-refractivity contribution < 1.29 is 5.11 Å². The zero-order chi connectivity index (χ0) is 17.7. The Hall–Kier alpha value is -1.39. The van der Waals surface area contributed by atoms with Gasteiger partial charge < -0.3 is 5.11 Å². The van der Waals surface area contributed by atoms with Gasteiger partial charge in [0, 0.05) is 35.2 Å². The third-order valence-electron chi connectivity index (χ3n) is 4.47. The first-order valence-electron chi connectivity index (χ1n) is 8.61. The second-order valence-corrected chi connectivity index (χ2v) is 9.77. The minimum absolute atomic E-state index is 0.112. The summed E-state index contributed by atoms with van der Waals surface area (Å²) in [6.45, 7) is 16.2. The van der Waals surface area contributed by atoms with Crippen LogP contribution in [-0.2, 0) is 17.4 Å². The van der Waals surface area contributed by atoms with E-state index in [-0.39, 0.29) is 10.8 Å². The molecule has 1 N–H and O–H groups in total. The summed E-state index contributed by atoms with van der Waals surface area (Å²) in [7, 11) is 0. The Labute approximate surface area is 149 Å². The Morgan fingerprint density at radius 2 is 1.58 bits per heavy atom. The van der Waals surface area contributed by atoms with Crippen LogP contribution >= 0.6 is 11.3 Å². The lowest BCUT2D eigenvalue weighted by molar-refractivity contribution is 0.423. The zero-order valence-electron chi connectivity index (χ0n) is 15.6. The van der Waals surface area contributed by atoms with E-state index in [4.69, 9.17) is 4.98 Å². The average Bonchev–Trinajstić information content (AvgIpc) is 3.12. The predicted molar refractivity (Wildman–Crippen MR) is 102 cm³/mol. The molecule has 2 heterocycles. The number of aromatic nitrogens is 1. The lowest BCUT2D eigenvalue weighted by Gasteiger charge is -2.28. The van der Waals surface area contributed by atoms with Crippen LogP contribution in [0.25, 0.3) is 11.3 Å². The SMILES string of the molecule is CC(C)(C)c1cc(-c2csc(CN3CC3)n2)cc(C(C)(C)C)c1O. The highest BCUT2D eigenvalue weighted by Crippen LogP contribution is 2.42. The topological polar surface area (TPSA) is 36.1 Å². The molecule has 0 aliphatic carbocycles. The number of benzene rings is 1. The Morgan fingerprint density at radius 1 is 1.04 bits per heavy atom. The third-order valence-corrected chi connectivity index (χ3v) is 5.31. The zero-order valence-corrected chi connectivity index (χ0v) is 16.4. The maximum absolute atomic E-state index is 10.8. The number of thiazole rings is 1. The lowest BCUT2D eigenvalue weighted by atomic mass is 9.78. The van der Waals surface area contributed by atoms with Crippen molar-refractivity contribution in [2.45, 2.75) is 58.9 Å². The Balaban J connectivity index is 2.08. The van der Waals surface area contributed by atoms with Crippen molar-refractivity contribution in [2.75, 3.05) is 13.1 Å². The molecule has 0 radical (unpaired) electrons. The van der Waals surface area contributed by atoms with E-state index in [1.165, 1.54) is 18.1 Å². The number of rotatable bonds is 3. The van der Waals surface area contributed by atoms with Gasteiger partial charge in [0.25, 0.3) is 0 Å². The largest absolute Gasteiger partial charge is 0.507 e. The van der Waals surface area contributed by atoms with Gasteiger partial charge in [0.05, 0.1) is 12.2 Å². The second-order valence-electron chi connectivity index (χ2n) is 8.82. The molecule has 0 bridgehead atoms. The lowest BCUT2D eigenvalue weighted by Crippen LogP contribution is -2.17. The molecule has 1 aliphatic rings. The molecule has 24 heavy (non-hydrogen) atoms. The summed E-state index contributed by atoms with van der Waals surface area (Å²) in [6.07, 6.45) is 0. The molecule has 0 spiro atoms. The van der Waals surface area contributed by atoms with Gasteiger partial charge in [0.15, 0.2) is 0 Å². The van der Waals surface area contributed by atoms with Crippen LogP contribution < -0.4 is 0 Å². The molecule has 130 valence electrons. The van der Waals surface area contributed by atoms with Crippen LogP contribution in [0.1, 0.15) is 57.7 Å². The van der Waals surface area contributed by atoms with Crippen LogP contribution in [0.2, 0.25) is 0 Å². The highest BCUT2D eigenvalue weighted by atomic mass is 32.1. The molecule has 1 aliphatic heterocycles. The Morgan fingerprint density at radius 3 is 2.04 bits per heavy atom. The highest BCUT2D eigenvalue weighted by Gasteiger charge is 2.27. The van der Waals surface area contributed by atoms with Gasteiger partial charge in [-0.15, -0.1) is 11.3 Å². The van der Waals surface area contributed by atoms with Crippen molar-refractivity contribution in [3.05, 3.63) is 33.6 Å². The maximum Gasteiger partial charge on any atom is 0.123 e. The summed E-state index contributed by atoms with van der Waals surface area (Å²) in [5, 5.41) is 14.2. The van der Waals surface area contributed by atoms with Crippen molar-refractivity contribution in [3.8, 4) is 17.0 Å². The number of hydrogen-bond acceptors (Lipinski definition) is 4. The molecule has 1 fully saturated rings. The van der Waals surface area contributed by atoms with Gasteiger partial charge in [-0.1, -0.05) is 41.5 Å². The molecule has 2 aromatic rings. The van der Waals surface area contributed by atoms with Crippen LogP contribution in [0.3, 0.4) is 0 Å². The minimum atomic E-state index is -0.112. The molecule has 0 unspecified atom stereocenters. The molecule has 1 aromatic carbocycles. The summed E-state index contributed by atoms with van der Waals surface area (Å²) < 4.78 is 0. The second kappa shape index (κ2) is 5.85. The third kappa shape index (κ3) is 3.65. The van der Waals surface area contributed by atoms with Crippen molar-refractivity contribution in [1.29, 1.82) is 0 Å². The number of phenols is 1. The van der Waals surface area contributed by atoms with Gasteiger partial charge in [0.1, 0.15) is 10.8 Å². The van der Waals surface area contributed by atoms with Crippen molar-refractivity contribution >= 4 is 11.3 Å². The van der Waals surface area contributed by atoms with E-state index < -0.39 is 0 Å². The van der Waals surface area contributed by atoms with Crippen LogP contribution in [-0.4, -0.2) is 28.1 Å². The van der Waals surface area contributed by atoms with Crippen molar-refractivity contribution in [2.24, 2.45) is 0 Å². The number of hydrogen-bond donors (Lipinski definition) is 1. The van der Waals surface area contributed by atoms with Gasteiger partial charge in [0.2, 0.25) is 0 Å². The minimum Gasteiger partial charge on any atom is -0.507 e. The van der Waals surface area contributed by atoms with E-state index in [0.717, 1.165) is 28.9 Å². The van der Waals surface area contributed by atoms with E-state index in [9.17, 15) is 5.11 Å². The molecule has 3 rings (SSSR count). The van der Waals surface area contributed by atoms with E-state index >= 15 is 0 Å². The molecular weight excluding hydrogens is 316 g/mol.